The van der Waals surface area contributed by atoms with Crippen LogP contribution in [0.25, 0.3) is 11.2 Å². The van der Waals surface area contributed by atoms with Crippen molar-refractivity contribution in [3.63, 3.8) is 0 Å². The summed E-state index contributed by atoms with van der Waals surface area (Å²) in [6.07, 6.45) is -3.87. The summed E-state index contributed by atoms with van der Waals surface area (Å²) in [4.78, 5) is 61.5. The van der Waals surface area contributed by atoms with Gasteiger partial charge in [-0.1, -0.05) is 12.1 Å². The molecule has 0 bridgehead atoms. The smallest absolute Gasteiger partial charge is 0.451 e. The number of ether oxygens (including phenoxy) is 2. The quantitative estimate of drug-likeness (QED) is 0.109. The summed E-state index contributed by atoms with van der Waals surface area (Å²) < 4.78 is 59.1. The van der Waals surface area contributed by atoms with Gasteiger partial charge in [-0.05, 0) is 12.1 Å². The minimum absolute atomic E-state index is 0.00740. The SMILES string of the molecule is CNc1ccccc1C(=O)O[C@@H]1[C@@H](O)[C@@H](COP(=O)(O)OP(=O)(O)OP(=O)(O)O)O[C@H]1n1cnc2c(N)ncnc21. The number of hydrogen-bond acceptors (Lipinski definition) is 15. The van der Waals surface area contributed by atoms with Crippen LogP contribution in [0.2, 0.25) is 0 Å². The lowest BCUT2D eigenvalue weighted by molar-refractivity contribution is -0.0557. The Balaban J connectivity index is 1.59. The number of anilines is 2. The first kappa shape index (κ1) is 31.1. The molecule has 1 aliphatic rings. The fraction of sp³-hybridized carbons (Fsp3) is 0.333. The average molecular weight is 640 g/mol. The zero-order chi connectivity index (χ0) is 30.2. The van der Waals surface area contributed by atoms with Crippen molar-refractivity contribution in [1.82, 2.24) is 19.5 Å². The van der Waals surface area contributed by atoms with E-state index in [1.807, 2.05) is 0 Å². The maximum atomic E-state index is 13.1. The molecule has 4 rings (SSSR count). The molecule has 1 aliphatic heterocycles. The molecule has 1 fully saturated rings. The summed E-state index contributed by atoms with van der Waals surface area (Å²) in [5.41, 5.74) is 6.58. The number of phosphoric acid groups is 3. The predicted molar refractivity (Wildman–Crippen MR) is 135 cm³/mol. The molecule has 20 nitrogen and oxygen atoms in total. The standard InChI is InChI=1S/C18H23N6O14P3/c1-20-10-5-3-2-4-9(10)18(26)36-14-13(25)11(6-34-40(30,31)38-41(32,33)37-39(27,28)29)35-17(14)24-8-23-12-15(19)21-7-22-16(12)24/h2-5,7-8,11,13-14,17,20,25H,6H2,1H3,(H,30,31)(H,32,33)(H2,19,21,22)(H2,27,28,29)/t11-,13+,14-,17-/m1/s1. The molecule has 6 atom stereocenters. The van der Waals surface area contributed by atoms with Gasteiger partial charge in [0, 0.05) is 12.7 Å². The van der Waals surface area contributed by atoms with E-state index in [2.05, 4.69) is 33.4 Å². The van der Waals surface area contributed by atoms with Crippen molar-refractivity contribution in [2.45, 2.75) is 24.5 Å². The van der Waals surface area contributed by atoms with Crippen LogP contribution >= 0.6 is 23.5 Å². The van der Waals surface area contributed by atoms with Gasteiger partial charge >= 0.3 is 29.4 Å². The van der Waals surface area contributed by atoms with Gasteiger partial charge in [0.05, 0.1) is 18.5 Å². The summed E-state index contributed by atoms with van der Waals surface area (Å²) in [5.74, 6) is -0.882. The number of aromatic nitrogens is 4. The Kier molecular flexibility index (Phi) is 8.96. The number of para-hydroxylation sites is 1. The lowest BCUT2D eigenvalue weighted by Gasteiger charge is -2.22. The first-order chi connectivity index (χ1) is 19.1. The number of benzene rings is 1. The molecule has 3 aromatic rings. The highest BCUT2D eigenvalue weighted by Crippen LogP contribution is 2.66. The van der Waals surface area contributed by atoms with E-state index >= 15 is 0 Å². The second-order valence-electron chi connectivity index (χ2n) is 8.19. The largest absolute Gasteiger partial charge is 0.490 e. The second kappa shape index (κ2) is 11.8. The van der Waals surface area contributed by atoms with Crippen LogP contribution in [0, 0.1) is 0 Å². The summed E-state index contributed by atoms with van der Waals surface area (Å²) in [6, 6.07) is 6.30. The van der Waals surface area contributed by atoms with E-state index in [0.29, 0.717) is 5.69 Å². The molecule has 41 heavy (non-hydrogen) atoms. The van der Waals surface area contributed by atoms with Gasteiger partial charge in [0.25, 0.3) is 0 Å². The van der Waals surface area contributed by atoms with Gasteiger partial charge in [-0.15, -0.1) is 0 Å². The normalized spacial score (nSPS) is 24.0. The minimum atomic E-state index is -5.79. The van der Waals surface area contributed by atoms with Crippen molar-refractivity contribution < 1.29 is 65.8 Å². The number of carbonyl (C=O) groups excluding carboxylic acids is 1. The molecule has 0 aliphatic carbocycles. The summed E-state index contributed by atoms with van der Waals surface area (Å²) in [5, 5.41) is 13.8. The molecule has 0 radical (unpaired) electrons. The van der Waals surface area contributed by atoms with Crippen molar-refractivity contribution in [1.29, 1.82) is 0 Å². The van der Waals surface area contributed by atoms with Crippen molar-refractivity contribution in [2.24, 2.45) is 0 Å². The molecule has 8 N–H and O–H groups in total. The number of imidazole rings is 1. The fourth-order valence-corrected chi connectivity index (χ4v) is 6.83. The molecule has 224 valence electrons. The van der Waals surface area contributed by atoms with Crippen LogP contribution in [0.3, 0.4) is 0 Å². The number of carbonyl (C=O) groups is 1. The van der Waals surface area contributed by atoms with Crippen LogP contribution < -0.4 is 11.1 Å². The number of aliphatic hydroxyl groups excluding tert-OH is 1. The number of esters is 1. The van der Waals surface area contributed by atoms with Crippen molar-refractivity contribution in [3.8, 4) is 0 Å². The average Bonchev–Trinajstić information content (AvgIpc) is 3.42. The van der Waals surface area contributed by atoms with Gasteiger partial charge in [-0.25, -0.2) is 33.4 Å². The summed E-state index contributed by atoms with van der Waals surface area (Å²) in [6.45, 7) is -1.02. The Hall–Kier alpha value is -2.83. The van der Waals surface area contributed by atoms with Gasteiger partial charge in [0.1, 0.15) is 24.1 Å². The summed E-state index contributed by atoms with van der Waals surface area (Å²) in [7, 11) is -15.4. The van der Waals surface area contributed by atoms with Gasteiger partial charge < -0.3 is 45.2 Å². The van der Waals surface area contributed by atoms with Crippen LogP contribution in [0.5, 0.6) is 0 Å². The predicted octanol–water partition coefficient (Wildman–Crippen LogP) is 0.277. The van der Waals surface area contributed by atoms with Crippen LogP contribution in [0.15, 0.2) is 36.9 Å². The molecule has 3 heterocycles. The molecule has 23 heteroatoms. The van der Waals surface area contributed by atoms with Crippen molar-refractivity contribution >= 4 is 52.1 Å². The van der Waals surface area contributed by atoms with E-state index in [1.54, 1.807) is 25.2 Å². The monoisotopic (exact) mass is 640 g/mol. The Bertz CT molecular complexity index is 1580. The van der Waals surface area contributed by atoms with E-state index in [0.717, 1.165) is 6.33 Å². The molecule has 1 saturated heterocycles. The molecule has 2 unspecified atom stereocenters. The number of nitrogen functional groups attached to an aromatic ring is 1. The Morgan fingerprint density at radius 2 is 1.80 bits per heavy atom. The minimum Gasteiger partial charge on any atom is -0.451 e. The number of nitrogens with zero attached hydrogens (tertiary/aromatic N) is 4. The molecule has 0 saturated carbocycles. The van der Waals surface area contributed by atoms with Crippen LogP contribution in [-0.4, -0.2) is 82.1 Å². The number of phosphoric ester groups is 1. The topological polar surface area (TPSA) is 297 Å². The molecular formula is C18H23N6O14P3. The number of nitrogens with two attached hydrogens (primary N) is 1. The lowest BCUT2D eigenvalue weighted by atomic mass is 10.1. The molecule has 1 aromatic carbocycles. The van der Waals surface area contributed by atoms with Crippen LogP contribution in [0.1, 0.15) is 16.6 Å². The van der Waals surface area contributed by atoms with E-state index in [-0.39, 0.29) is 22.5 Å². The van der Waals surface area contributed by atoms with E-state index < -0.39 is 60.6 Å². The first-order valence-electron chi connectivity index (χ1n) is 11.1. The zero-order valence-corrected chi connectivity index (χ0v) is 23.3. The molecule has 0 spiro atoms. The zero-order valence-electron chi connectivity index (χ0n) is 20.6. The van der Waals surface area contributed by atoms with E-state index in [9.17, 15) is 33.4 Å². The second-order valence-corrected chi connectivity index (χ2v) is 12.6. The first-order valence-corrected chi connectivity index (χ1v) is 15.7. The summed E-state index contributed by atoms with van der Waals surface area (Å²) >= 11 is 0. The Labute approximate surface area is 229 Å². The maximum absolute atomic E-state index is 13.1. The third-order valence-corrected chi connectivity index (χ3v) is 9.25. The number of fused-ring (bicyclic) bond motifs is 1. The number of hydrogen-bond donors (Lipinski definition) is 7. The third kappa shape index (κ3) is 7.34. The van der Waals surface area contributed by atoms with Crippen molar-refractivity contribution in [3.05, 3.63) is 42.5 Å². The Morgan fingerprint density at radius 3 is 2.49 bits per heavy atom. The highest BCUT2D eigenvalue weighted by molar-refractivity contribution is 7.66. The maximum Gasteiger partial charge on any atom is 0.490 e. The third-order valence-electron chi connectivity index (χ3n) is 5.45. The number of aliphatic hydroxyl groups is 1. The van der Waals surface area contributed by atoms with Crippen molar-refractivity contribution in [2.75, 3.05) is 24.7 Å². The highest BCUT2D eigenvalue weighted by Gasteiger charge is 2.49. The number of rotatable bonds is 11. The van der Waals surface area contributed by atoms with Gasteiger partial charge in [0.15, 0.2) is 23.8 Å². The number of nitrogens with one attached hydrogen (secondary N) is 1. The van der Waals surface area contributed by atoms with Gasteiger partial charge in [-0.2, -0.15) is 8.62 Å². The van der Waals surface area contributed by atoms with E-state index in [1.165, 1.54) is 17.0 Å². The lowest BCUT2D eigenvalue weighted by Crippen LogP contribution is -2.37. The molecular weight excluding hydrogens is 617 g/mol. The highest BCUT2D eigenvalue weighted by atomic mass is 31.3. The van der Waals surface area contributed by atoms with E-state index in [4.69, 9.17) is 25.0 Å². The molecule has 0 amide bonds. The van der Waals surface area contributed by atoms with Crippen LogP contribution in [0.4, 0.5) is 11.5 Å². The van der Waals surface area contributed by atoms with Crippen LogP contribution in [-0.2, 0) is 36.3 Å². The van der Waals surface area contributed by atoms with Gasteiger partial charge in [-0.3, -0.25) is 9.09 Å². The molecule has 2 aromatic heterocycles. The van der Waals surface area contributed by atoms with Gasteiger partial charge in [0.2, 0.25) is 0 Å². The fourth-order valence-electron chi connectivity index (χ4n) is 3.80. The Morgan fingerprint density at radius 1 is 1.10 bits per heavy atom.